The summed E-state index contributed by atoms with van der Waals surface area (Å²) >= 11 is 5.75. The predicted octanol–water partition coefficient (Wildman–Crippen LogP) is 1.79. The van der Waals surface area contributed by atoms with Gasteiger partial charge in [-0.3, -0.25) is 14.3 Å². The fourth-order valence-electron chi connectivity index (χ4n) is 2.11. The Bertz CT molecular complexity index is 809. The van der Waals surface area contributed by atoms with Gasteiger partial charge in [-0.25, -0.2) is 4.79 Å². The summed E-state index contributed by atoms with van der Waals surface area (Å²) in [6.07, 6.45) is 2.24. The highest BCUT2D eigenvalue weighted by Crippen LogP contribution is 2.21. The third kappa shape index (κ3) is 3.34. The minimum atomic E-state index is -0.531. The fraction of sp³-hybridized carbons (Fsp3) is 0.538. The van der Waals surface area contributed by atoms with Gasteiger partial charge in [0.25, 0.3) is 5.56 Å². The molecule has 2 rings (SSSR count). The zero-order valence-electron chi connectivity index (χ0n) is 11.9. The molecule has 0 aliphatic rings. The first-order valence-corrected chi connectivity index (χ1v) is 7.01. The molecule has 0 aliphatic heterocycles. The van der Waals surface area contributed by atoms with Gasteiger partial charge < -0.3 is 4.98 Å². The van der Waals surface area contributed by atoms with E-state index in [1.54, 1.807) is 0 Å². The van der Waals surface area contributed by atoms with Crippen LogP contribution in [0.1, 0.15) is 33.1 Å². The summed E-state index contributed by atoms with van der Waals surface area (Å²) in [5.41, 5.74) is -0.960. The van der Waals surface area contributed by atoms with Crippen LogP contribution < -0.4 is 11.2 Å². The molecule has 21 heavy (non-hydrogen) atoms. The van der Waals surface area contributed by atoms with E-state index >= 15 is 0 Å². The van der Waals surface area contributed by atoms with Crippen molar-refractivity contribution in [2.45, 2.75) is 39.7 Å². The van der Waals surface area contributed by atoms with Crippen molar-refractivity contribution in [3.05, 3.63) is 26.1 Å². The molecular formula is C13H16ClN5O2. The Hall–Kier alpha value is -2.07. The zero-order valence-corrected chi connectivity index (χ0v) is 12.6. The minimum absolute atomic E-state index is 0.0699. The van der Waals surface area contributed by atoms with Gasteiger partial charge in [0.15, 0.2) is 11.2 Å². The van der Waals surface area contributed by atoms with Crippen molar-refractivity contribution in [2.24, 2.45) is 5.41 Å². The maximum atomic E-state index is 11.9. The quantitative estimate of drug-likeness (QED) is 0.648. The van der Waals surface area contributed by atoms with Crippen LogP contribution in [0.5, 0.6) is 0 Å². The second-order valence-corrected chi connectivity index (χ2v) is 5.95. The number of hydrogen-bond acceptors (Lipinski definition) is 4. The van der Waals surface area contributed by atoms with E-state index in [9.17, 15) is 9.59 Å². The van der Waals surface area contributed by atoms with Gasteiger partial charge in [0.05, 0.1) is 11.5 Å². The summed E-state index contributed by atoms with van der Waals surface area (Å²) in [4.78, 5) is 32.3. The Labute approximate surface area is 125 Å². The molecule has 0 radical (unpaired) electrons. The monoisotopic (exact) mass is 309 g/mol. The molecule has 2 aromatic rings. The number of nitrogens with zero attached hydrogens (tertiary/aromatic N) is 3. The maximum Gasteiger partial charge on any atom is 0.330 e. The number of nitriles is 1. The number of nitrogens with one attached hydrogen (secondary N) is 2. The summed E-state index contributed by atoms with van der Waals surface area (Å²) in [5.74, 6) is 0. The van der Waals surface area contributed by atoms with Crippen LogP contribution in [0.3, 0.4) is 0 Å². The molecule has 2 heterocycles. The second kappa shape index (κ2) is 5.74. The van der Waals surface area contributed by atoms with Crippen LogP contribution in [0.4, 0.5) is 0 Å². The molecule has 7 nitrogen and oxygen atoms in total. The summed E-state index contributed by atoms with van der Waals surface area (Å²) in [6, 6.07) is 2.24. The van der Waals surface area contributed by atoms with E-state index in [4.69, 9.17) is 16.9 Å². The van der Waals surface area contributed by atoms with E-state index in [0.717, 1.165) is 12.8 Å². The van der Waals surface area contributed by atoms with Gasteiger partial charge in [-0.05, 0) is 38.3 Å². The van der Waals surface area contributed by atoms with Crippen molar-refractivity contribution in [3.63, 3.8) is 0 Å². The maximum absolute atomic E-state index is 11.9. The van der Waals surface area contributed by atoms with Crippen molar-refractivity contribution >= 4 is 22.8 Å². The number of halogens is 1. The largest absolute Gasteiger partial charge is 0.330 e. The van der Waals surface area contributed by atoms with Crippen molar-refractivity contribution in [2.75, 3.05) is 0 Å². The van der Waals surface area contributed by atoms with Gasteiger partial charge in [-0.1, -0.05) is 6.42 Å². The fourth-order valence-corrected chi connectivity index (χ4v) is 2.29. The normalized spacial score (nSPS) is 11.7. The lowest BCUT2D eigenvalue weighted by Gasteiger charge is -2.14. The second-order valence-electron chi connectivity index (χ2n) is 5.59. The number of aromatic amines is 2. The number of aryl methyl sites for hydroxylation is 1. The highest BCUT2D eigenvalue weighted by atomic mass is 35.5. The van der Waals surface area contributed by atoms with E-state index in [1.165, 1.54) is 4.57 Å². The summed E-state index contributed by atoms with van der Waals surface area (Å²) in [6.45, 7) is 4.17. The van der Waals surface area contributed by atoms with Crippen molar-refractivity contribution in [1.29, 1.82) is 5.26 Å². The lowest BCUT2D eigenvalue weighted by molar-refractivity contribution is 0.416. The first-order chi connectivity index (χ1) is 9.84. The first-order valence-electron chi connectivity index (χ1n) is 6.64. The molecule has 2 aromatic heterocycles. The molecule has 2 N–H and O–H groups in total. The van der Waals surface area contributed by atoms with Crippen LogP contribution in [0.2, 0.25) is 5.28 Å². The Morgan fingerprint density at radius 2 is 2.05 bits per heavy atom. The van der Waals surface area contributed by atoms with E-state index in [-0.39, 0.29) is 21.9 Å². The first kappa shape index (κ1) is 15.3. The Balaban J connectivity index is 2.18. The molecule has 0 saturated heterocycles. The Kier molecular flexibility index (Phi) is 4.19. The van der Waals surface area contributed by atoms with E-state index in [1.807, 2.05) is 13.8 Å². The molecule has 0 unspecified atom stereocenters. The molecular weight excluding hydrogens is 294 g/mol. The molecule has 0 fully saturated rings. The summed E-state index contributed by atoms with van der Waals surface area (Å²) in [7, 11) is 0. The SMILES string of the molecule is CC(C)(C#N)CCCCn1c(=O)[nH]c(=O)c2[nH]c(Cl)nc21. The molecule has 0 saturated carbocycles. The lowest BCUT2D eigenvalue weighted by Crippen LogP contribution is -2.30. The lowest BCUT2D eigenvalue weighted by atomic mass is 9.89. The molecule has 0 spiro atoms. The van der Waals surface area contributed by atoms with E-state index < -0.39 is 11.2 Å². The van der Waals surface area contributed by atoms with Crippen LogP contribution in [0.15, 0.2) is 9.59 Å². The molecule has 0 atom stereocenters. The van der Waals surface area contributed by atoms with Crippen molar-refractivity contribution in [3.8, 4) is 6.07 Å². The van der Waals surface area contributed by atoms with E-state index in [2.05, 4.69) is 21.0 Å². The number of fused-ring (bicyclic) bond motifs is 1. The smallest absolute Gasteiger partial charge is 0.323 e. The van der Waals surface area contributed by atoms with Crippen molar-refractivity contribution < 1.29 is 0 Å². The van der Waals surface area contributed by atoms with Crippen molar-refractivity contribution in [1.82, 2.24) is 19.5 Å². The van der Waals surface area contributed by atoms with Crippen LogP contribution >= 0.6 is 11.6 Å². The third-order valence-electron chi connectivity index (χ3n) is 3.34. The standard InChI is InChI=1S/C13H16ClN5O2/c1-13(2,7-15)5-3-4-6-19-9-8(16-11(14)17-9)10(20)18-12(19)21/h3-6H2,1-2H3,(H,16,17)(H,18,20,21). The number of H-pyrrole nitrogens is 2. The zero-order chi connectivity index (χ0) is 15.6. The third-order valence-corrected chi connectivity index (χ3v) is 3.52. The average Bonchev–Trinajstić information content (AvgIpc) is 2.80. The number of rotatable bonds is 5. The van der Waals surface area contributed by atoms with Crippen LogP contribution in [0.25, 0.3) is 11.2 Å². The van der Waals surface area contributed by atoms with Gasteiger partial charge in [-0.15, -0.1) is 0 Å². The number of unbranched alkanes of at least 4 members (excludes halogenated alkanes) is 1. The van der Waals surface area contributed by atoms with Crippen LogP contribution in [0, 0.1) is 16.7 Å². The number of aromatic nitrogens is 4. The number of hydrogen-bond donors (Lipinski definition) is 2. The van der Waals surface area contributed by atoms with Crippen LogP contribution in [-0.4, -0.2) is 19.5 Å². The Morgan fingerprint density at radius 3 is 2.71 bits per heavy atom. The molecule has 112 valence electrons. The van der Waals surface area contributed by atoms with Gasteiger partial charge in [0.1, 0.15) is 0 Å². The molecule has 0 aliphatic carbocycles. The highest BCUT2D eigenvalue weighted by Gasteiger charge is 2.16. The highest BCUT2D eigenvalue weighted by molar-refractivity contribution is 6.28. The van der Waals surface area contributed by atoms with Gasteiger partial charge in [0.2, 0.25) is 5.28 Å². The average molecular weight is 310 g/mol. The number of imidazole rings is 1. The van der Waals surface area contributed by atoms with Crippen LogP contribution in [-0.2, 0) is 6.54 Å². The van der Waals surface area contributed by atoms with Gasteiger partial charge in [-0.2, -0.15) is 10.2 Å². The van der Waals surface area contributed by atoms with Gasteiger partial charge in [0, 0.05) is 6.54 Å². The molecule has 0 bridgehead atoms. The summed E-state index contributed by atoms with van der Waals surface area (Å²) in [5, 5.41) is 9.03. The molecule has 0 aromatic carbocycles. The minimum Gasteiger partial charge on any atom is -0.323 e. The molecule has 0 amide bonds. The van der Waals surface area contributed by atoms with Gasteiger partial charge >= 0.3 is 5.69 Å². The summed E-state index contributed by atoms with van der Waals surface area (Å²) < 4.78 is 1.39. The predicted molar refractivity (Wildman–Crippen MR) is 79.2 cm³/mol. The topological polar surface area (TPSA) is 107 Å². The van der Waals surface area contributed by atoms with E-state index in [0.29, 0.717) is 13.0 Å². The molecule has 8 heteroatoms. The Morgan fingerprint density at radius 1 is 1.33 bits per heavy atom.